The van der Waals surface area contributed by atoms with Gasteiger partial charge in [0.25, 0.3) is 5.91 Å². The van der Waals surface area contributed by atoms with Crippen LogP contribution in [-0.4, -0.2) is 25.2 Å². The Morgan fingerprint density at radius 2 is 2.15 bits per heavy atom. The van der Waals surface area contributed by atoms with Gasteiger partial charge in [-0.25, -0.2) is 4.79 Å². The fourth-order valence-corrected chi connectivity index (χ4v) is 2.95. The largest absolute Gasteiger partial charge is 0.448 e. The molecule has 7 heteroatoms. The Morgan fingerprint density at radius 3 is 2.80 bits per heavy atom. The second-order valence-electron chi connectivity index (χ2n) is 4.22. The highest BCUT2D eigenvalue weighted by atomic mass is 32.1. The quantitative estimate of drug-likeness (QED) is 0.744. The smallest absolute Gasteiger partial charge is 0.404 e. The maximum Gasteiger partial charge on any atom is 0.404 e. The molecule has 0 aliphatic carbocycles. The third-order valence-corrected chi connectivity index (χ3v) is 4.14. The van der Waals surface area contributed by atoms with Gasteiger partial charge in [-0.05, 0) is 12.5 Å². The topological polar surface area (TPSA) is 107 Å². The molecule has 0 saturated carbocycles. The Labute approximate surface area is 119 Å². The van der Waals surface area contributed by atoms with E-state index in [2.05, 4.69) is 10.1 Å². The predicted molar refractivity (Wildman–Crippen MR) is 78.8 cm³/mol. The summed E-state index contributed by atoms with van der Waals surface area (Å²) in [7, 11) is 0. The van der Waals surface area contributed by atoms with Crippen LogP contribution in [0.1, 0.15) is 15.2 Å². The molecule has 2 aromatic rings. The summed E-state index contributed by atoms with van der Waals surface area (Å²) >= 11 is 1.35. The number of nitrogen functional groups attached to an aromatic ring is 1. The number of aryl methyl sites for hydroxylation is 1. The highest BCUT2D eigenvalue weighted by Gasteiger charge is 2.16. The molecule has 0 aliphatic heterocycles. The molecule has 1 heterocycles. The monoisotopic (exact) mass is 293 g/mol. The zero-order valence-electron chi connectivity index (χ0n) is 10.9. The summed E-state index contributed by atoms with van der Waals surface area (Å²) in [6, 6.07) is 5.77. The van der Waals surface area contributed by atoms with Crippen molar-refractivity contribution in [1.82, 2.24) is 5.32 Å². The van der Waals surface area contributed by atoms with E-state index >= 15 is 0 Å². The normalized spacial score (nSPS) is 10.4. The van der Waals surface area contributed by atoms with E-state index in [0.717, 1.165) is 15.6 Å². The van der Waals surface area contributed by atoms with Crippen molar-refractivity contribution < 1.29 is 14.3 Å². The number of benzene rings is 1. The van der Waals surface area contributed by atoms with Gasteiger partial charge in [-0.1, -0.05) is 18.2 Å². The number of hydrogen-bond donors (Lipinski definition) is 3. The van der Waals surface area contributed by atoms with E-state index in [1.54, 1.807) is 0 Å². The van der Waals surface area contributed by atoms with Gasteiger partial charge in [0.2, 0.25) is 0 Å². The molecule has 0 radical (unpaired) electrons. The van der Waals surface area contributed by atoms with Crippen molar-refractivity contribution in [3.8, 4) is 0 Å². The molecule has 20 heavy (non-hydrogen) atoms. The summed E-state index contributed by atoms with van der Waals surface area (Å²) in [5.41, 5.74) is 12.4. The lowest BCUT2D eigenvalue weighted by Crippen LogP contribution is -2.28. The van der Waals surface area contributed by atoms with Crippen LogP contribution in [0.5, 0.6) is 0 Å². The zero-order chi connectivity index (χ0) is 14.7. The third kappa shape index (κ3) is 2.83. The van der Waals surface area contributed by atoms with E-state index in [1.165, 1.54) is 11.3 Å². The molecule has 0 spiro atoms. The van der Waals surface area contributed by atoms with Crippen molar-refractivity contribution in [2.24, 2.45) is 5.73 Å². The predicted octanol–water partition coefficient (Wildman–Crippen LogP) is 1.62. The Morgan fingerprint density at radius 1 is 1.40 bits per heavy atom. The molecule has 0 bridgehead atoms. The Hall–Kier alpha value is -2.28. The first-order chi connectivity index (χ1) is 9.50. The first-order valence-electron chi connectivity index (χ1n) is 5.98. The molecule has 0 saturated heterocycles. The summed E-state index contributed by atoms with van der Waals surface area (Å²) in [5.74, 6) is -0.281. The van der Waals surface area contributed by atoms with Crippen molar-refractivity contribution in [3.63, 3.8) is 0 Å². The summed E-state index contributed by atoms with van der Waals surface area (Å²) in [6.07, 6.45) is -0.865. The van der Waals surface area contributed by atoms with Crippen molar-refractivity contribution in [2.45, 2.75) is 6.92 Å². The zero-order valence-corrected chi connectivity index (χ0v) is 11.8. The second-order valence-corrected chi connectivity index (χ2v) is 5.24. The highest BCUT2D eigenvalue weighted by Crippen LogP contribution is 2.35. The van der Waals surface area contributed by atoms with Gasteiger partial charge in [-0.15, -0.1) is 11.3 Å². The number of carbonyl (C=O) groups is 2. The van der Waals surface area contributed by atoms with E-state index in [1.807, 2.05) is 25.1 Å². The van der Waals surface area contributed by atoms with Crippen molar-refractivity contribution >= 4 is 39.1 Å². The number of anilines is 1. The lowest BCUT2D eigenvalue weighted by atomic mass is 10.1. The van der Waals surface area contributed by atoms with Crippen LogP contribution in [0, 0.1) is 6.92 Å². The molecular formula is C13H15N3O3S. The molecule has 106 valence electrons. The number of nitrogens with two attached hydrogens (primary N) is 2. The van der Waals surface area contributed by atoms with Gasteiger partial charge in [0.15, 0.2) is 0 Å². The van der Waals surface area contributed by atoms with E-state index < -0.39 is 6.09 Å². The average molecular weight is 293 g/mol. The molecule has 2 rings (SSSR count). The molecule has 0 aliphatic rings. The number of rotatable bonds is 4. The van der Waals surface area contributed by atoms with Crippen molar-refractivity contribution in [3.05, 3.63) is 28.6 Å². The summed E-state index contributed by atoms with van der Waals surface area (Å²) in [6.45, 7) is 2.19. The molecular weight excluding hydrogens is 278 g/mol. The lowest BCUT2D eigenvalue weighted by molar-refractivity contribution is 0.0941. The summed E-state index contributed by atoms with van der Waals surface area (Å²) in [4.78, 5) is 22.9. The van der Waals surface area contributed by atoms with Crippen molar-refractivity contribution in [2.75, 3.05) is 18.9 Å². The number of hydrogen-bond acceptors (Lipinski definition) is 5. The third-order valence-electron chi connectivity index (χ3n) is 2.79. The van der Waals surface area contributed by atoms with Gasteiger partial charge >= 0.3 is 6.09 Å². The van der Waals surface area contributed by atoms with Crippen LogP contribution >= 0.6 is 11.3 Å². The van der Waals surface area contributed by atoms with E-state index in [4.69, 9.17) is 11.5 Å². The number of carbonyl (C=O) groups excluding carboxylic acids is 2. The second kappa shape index (κ2) is 5.79. The number of nitrogens with one attached hydrogen (secondary N) is 1. The van der Waals surface area contributed by atoms with E-state index in [-0.39, 0.29) is 19.1 Å². The number of ether oxygens (including phenoxy) is 1. The van der Waals surface area contributed by atoms with Gasteiger partial charge in [0.05, 0.1) is 12.2 Å². The molecule has 1 aromatic heterocycles. The standard InChI is InChI=1S/C13H15N3O3S/c1-7-3-2-4-8-9(14)11(20-10(7)8)12(17)16-5-6-19-13(15)18/h2-4H,5-6,14H2,1H3,(H2,15,18)(H,16,17). The van der Waals surface area contributed by atoms with Gasteiger partial charge in [-0.3, -0.25) is 4.79 Å². The van der Waals surface area contributed by atoms with Crippen LogP contribution in [0.3, 0.4) is 0 Å². The molecule has 5 N–H and O–H groups in total. The fraction of sp³-hybridized carbons (Fsp3) is 0.231. The number of amides is 2. The molecule has 1 aromatic carbocycles. The van der Waals surface area contributed by atoms with Crippen LogP contribution in [-0.2, 0) is 4.74 Å². The van der Waals surface area contributed by atoms with Gasteiger partial charge < -0.3 is 21.5 Å². The number of fused-ring (bicyclic) bond motifs is 1. The molecule has 0 fully saturated rings. The lowest BCUT2D eigenvalue weighted by Gasteiger charge is -2.04. The van der Waals surface area contributed by atoms with Crippen LogP contribution in [0.4, 0.5) is 10.5 Å². The number of thiophene rings is 1. The SMILES string of the molecule is Cc1cccc2c(N)c(C(=O)NCCOC(N)=O)sc12. The van der Waals surface area contributed by atoms with Gasteiger partial charge in [-0.2, -0.15) is 0 Å². The summed E-state index contributed by atoms with van der Waals surface area (Å²) < 4.78 is 5.54. The van der Waals surface area contributed by atoms with Gasteiger partial charge in [0.1, 0.15) is 11.5 Å². The molecule has 6 nitrogen and oxygen atoms in total. The Bertz CT molecular complexity index is 666. The van der Waals surface area contributed by atoms with Crippen LogP contribution in [0.2, 0.25) is 0 Å². The maximum absolute atomic E-state index is 12.0. The van der Waals surface area contributed by atoms with Gasteiger partial charge in [0, 0.05) is 10.1 Å². The fourth-order valence-electron chi connectivity index (χ4n) is 1.84. The molecule has 0 unspecified atom stereocenters. The number of primary amides is 1. The maximum atomic E-state index is 12.0. The minimum atomic E-state index is -0.865. The van der Waals surface area contributed by atoms with Crippen LogP contribution < -0.4 is 16.8 Å². The first kappa shape index (κ1) is 14.1. The molecule has 2 amide bonds. The minimum Gasteiger partial charge on any atom is -0.448 e. The van der Waals surface area contributed by atoms with Crippen LogP contribution in [0.15, 0.2) is 18.2 Å². The Balaban J connectivity index is 2.12. The Kier molecular flexibility index (Phi) is 4.09. The van der Waals surface area contributed by atoms with Crippen LogP contribution in [0.25, 0.3) is 10.1 Å². The minimum absolute atomic E-state index is 0.0326. The summed E-state index contributed by atoms with van der Waals surface area (Å²) in [5, 5.41) is 3.52. The first-order valence-corrected chi connectivity index (χ1v) is 6.80. The van der Waals surface area contributed by atoms with Crippen molar-refractivity contribution in [1.29, 1.82) is 0 Å². The van der Waals surface area contributed by atoms with E-state index in [0.29, 0.717) is 10.6 Å². The average Bonchev–Trinajstić information content (AvgIpc) is 2.74. The van der Waals surface area contributed by atoms with E-state index in [9.17, 15) is 9.59 Å². The highest BCUT2D eigenvalue weighted by molar-refractivity contribution is 7.21. The molecule has 0 atom stereocenters.